The highest BCUT2D eigenvalue weighted by Gasteiger charge is 2.35. The van der Waals surface area contributed by atoms with E-state index in [1.54, 1.807) is 6.20 Å². The lowest BCUT2D eigenvalue weighted by molar-refractivity contribution is -0.117. The standard InChI is InChI=1S/C28H32N6O/c1-4-25(21-8-6-5-7-9-21)34-26(35)18-22-19-29-28(31-27(22)34)30-23-10-12-24(13-11-23)33-16-14-32(15-17-33)20(2)3/h5-13,19,25H,2,4,14-18H2,1,3H3,(H,29,30,31). The molecule has 0 bridgehead atoms. The summed E-state index contributed by atoms with van der Waals surface area (Å²) in [6.45, 7) is 12.2. The first-order valence-electron chi connectivity index (χ1n) is 12.3. The van der Waals surface area contributed by atoms with Crippen LogP contribution >= 0.6 is 0 Å². The SMILES string of the molecule is C=C(C)N1CCN(c2ccc(Nc3ncc4c(n3)N(C(CC)c3ccccc3)C(=O)C4)cc2)CC1. The smallest absolute Gasteiger partial charge is 0.233 e. The molecule has 1 atom stereocenters. The minimum Gasteiger partial charge on any atom is -0.372 e. The summed E-state index contributed by atoms with van der Waals surface area (Å²) >= 11 is 0. The number of nitrogens with zero attached hydrogens (tertiary/aromatic N) is 5. The zero-order valence-electron chi connectivity index (χ0n) is 20.4. The topological polar surface area (TPSA) is 64.6 Å². The molecule has 0 aliphatic carbocycles. The van der Waals surface area contributed by atoms with E-state index >= 15 is 0 Å². The number of piperazine rings is 1. The van der Waals surface area contributed by atoms with Gasteiger partial charge in [0.1, 0.15) is 5.82 Å². The van der Waals surface area contributed by atoms with Gasteiger partial charge >= 0.3 is 0 Å². The minimum atomic E-state index is -0.0441. The Bertz CT molecular complexity index is 1200. The van der Waals surface area contributed by atoms with Gasteiger partial charge in [0, 0.05) is 55.0 Å². The van der Waals surface area contributed by atoms with Crippen molar-refractivity contribution in [3.8, 4) is 0 Å². The van der Waals surface area contributed by atoms with Gasteiger partial charge in [-0.05, 0) is 43.2 Å². The summed E-state index contributed by atoms with van der Waals surface area (Å²) in [4.78, 5) is 28.8. The van der Waals surface area contributed by atoms with Gasteiger partial charge in [-0.3, -0.25) is 9.69 Å². The molecule has 2 aromatic carbocycles. The van der Waals surface area contributed by atoms with E-state index in [1.807, 2.05) is 23.1 Å². The number of nitrogens with one attached hydrogen (secondary N) is 1. The van der Waals surface area contributed by atoms with Crippen LogP contribution in [0.3, 0.4) is 0 Å². The Kier molecular flexibility index (Phi) is 6.40. The summed E-state index contributed by atoms with van der Waals surface area (Å²) in [6.07, 6.45) is 2.92. The number of carbonyl (C=O) groups excluding carboxylic acids is 1. The Morgan fingerprint density at radius 3 is 2.43 bits per heavy atom. The van der Waals surface area contributed by atoms with Crippen molar-refractivity contribution in [3.63, 3.8) is 0 Å². The summed E-state index contributed by atoms with van der Waals surface area (Å²) < 4.78 is 0. The van der Waals surface area contributed by atoms with Crippen LogP contribution in [0.5, 0.6) is 0 Å². The first-order chi connectivity index (χ1) is 17.0. The number of allylic oxidation sites excluding steroid dienone is 1. The van der Waals surface area contributed by atoms with Gasteiger partial charge in [0.2, 0.25) is 11.9 Å². The predicted octanol–water partition coefficient (Wildman–Crippen LogP) is 4.92. The molecule has 3 heterocycles. The number of rotatable bonds is 7. The Labute approximate surface area is 207 Å². The van der Waals surface area contributed by atoms with Gasteiger partial charge in [-0.1, -0.05) is 43.8 Å². The average Bonchev–Trinajstić information content (AvgIpc) is 3.21. The molecule has 0 radical (unpaired) electrons. The molecule has 1 saturated heterocycles. The molecule has 3 aromatic rings. The summed E-state index contributed by atoms with van der Waals surface area (Å²) in [5, 5.41) is 3.32. The molecule has 7 nitrogen and oxygen atoms in total. The molecule has 1 N–H and O–H groups in total. The fourth-order valence-corrected chi connectivity index (χ4v) is 4.95. The fraction of sp³-hybridized carbons (Fsp3) is 0.321. The van der Waals surface area contributed by atoms with E-state index in [-0.39, 0.29) is 11.9 Å². The van der Waals surface area contributed by atoms with Gasteiger partial charge in [-0.25, -0.2) is 4.98 Å². The summed E-state index contributed by atoms with van der Waals surface area (Å²) in [5.74, 6) is 1.27. The van der Waals surface area contributed by atoms with Crippen LogP contribution in [-0.2, 0) is 11.2 Å². The second-order valence-electron chi connectivity index (χ2n) is 9.20. The van der Waals surface area contributed by atoms with Crippen molar-refractivity contribution in [2.45, 2.75) is 32.7 Å². The first kappa shape index (κ1) is 22.9. The number of benzene rings is 2. The van der Waals surface area contributed by atoms with Crippen molar-refractivity contribution in [1.29, 1.82) is 0 Å². The largest absolute Gasteiger partial charge is 0.372 e. The van der Waals surface area contributed by atoms with E-state index in [4.69, 9.17) is 4.98 Å². The Morgan fingerprint density at radius 2 is 1.77 bits per heavy atom. The van der Waals surface area contributed by atoms with Gasteiger partial charge in [0.05, 0.1) is 12.5 Å². The number of hydrogen-bond acceptors (Lipinski definition) is 6. The number of hydrogen-bond donors (Lipinski definition) is 1. The molecule has 5 rings (SSSR count). The highest BCUT2D eigenvalue weighted by atomic mass is 16.2. The van der Waals surface area contributed by atoms with Crippen molar-refractivity contribution in [1.82, 2.24) is 14.9 Å². The molecule has 2 aliphatic heterocycles. The normalized spacial score (nSPS) is 16.3. The molecule has 1 fully saturated rings. The fourth-order valence-electron chi connectivity index (χ4n) is 4.95. The molecular formula is C28H32N6O. The van der Waals surface area contributed by atoms with Crippen molar-refractivity contribution < 1.29 is 4.79 Å². The van der Waals surface area contributed by atoms with E-state index < -0.39 is 0 Å². The number of fused-ring (bicyclic) bond motifs is 1. The van der Waals surface area contributed by atoms with E-state index in [9.17, 15) is 4.79 Å². The van der Waals surface area contributed by atoms with Crippen LogP contribution in [0, 0.1) is 0 Å². The van der Waals surface area contributed by atoms with E-state index in [1.165, 1.54) is 5.69 Å². The third kappa shape index (κ3) is 4.71. The zero-order chi connectivity index (χ0) is 24.4. The van der Waals surface area contributed by atoms with E-state index in [2.05, 4.69) is 76.9 Å². The Morgan fingerprint density at radius 1 is 1.06 bits per heavy atom. The predicted molar refractivity (Wildman–Crippen MR) is 141 cm³/mol. The lowest BCUT2D eigenvalue weighted by Gasteiger charge is -2.37. The monoisotopic (exact) mass is 468 g/mol. The van der Waals surface area contributed by atoms with Crippen molar-refractivity contribution >= 4 is 29.0 Å². The number of anilines is 4. The molecule has 35 heavy (non-hydrogen) atoms. The van der Waals surface area contributed by atoms with Crippen LogP contribution in [0.2, 0.25) is 0 Å². The lowest BCUT2D eigenvalue weighted by atomic mass is 10.0. The molecule has 0 spiro atoms. The third-order valence-electron chi connectivity index (χ3n) is 6.87. The number of amides is 1. The maximum absolute atomic E-state index is 12.9. The minimum absolute atomic E-state index is 0.0441. The second-order valence-corrected chi connectivity index (χ2v) is 9.20. The average molecular weight is 469 g/mol. The summed E-state index contributed by atoms with van der Waals surface area (Å²) in [6, 6.07) is 18.5. The van der Waals surface area contributed by atoms with Crippen molar-refractivity contribution in [2.75, 3.05) is 41.3 Å². The van der Waals surface area contributed by atoms with E-state index in [0.29, 0.717) is 18.2 Å². The molecule has 1 aromatic heterocycles. The van der Waals surface area contributed by atoms with Gasteiger partial charge in [-0.2, -0.15) is 4.98 Å². The quantitative estimate of drug-likeness (QED) is 0.531. The summed E-state index contributed by atoms with van der Waals surface area (Å²) in [5.41, 5.74) is 5.24. The van der Waals surface area contributed by atoms with Crippen LogP contribution in [0.1, 0.15) is 37.4 Å². The maximum atomic E-state index is 12.9. The van der Waals surface area contributed by atoms with Gasteiger partial charge < -0.3 is 15.1 Å². The molecule has 1 unspecified atom stereocenters. The number of aromatic nitrogens is 2. The van der Waals surface area contributed by atoms with Crippen LogP contribution in [-0.4, -0.2) is 47.0 Å². The van der Waals surface area contributed by atoms with E-state index in [0.717, 1.165) is 55.1 Å². The Hall–Kier alpha value is -3.87. The van der Waals surface area contributed by atoms with Gasteiger partial charge in [0.15, 0.2) is 0 Å². The van der Waals surface area contributed by atoms with Crippen LogP contribution in [0.4, 0.5) is 23.1 Å². The van der Waals surface area contributed by atoms with Crippen molar-refractivity contribution in [3.05, 3.63) is 84.2 Å². The van der Waals surface area contributed by atoms with Gasteiger partial charge in [0.25, 0.3) is 0 Å². The number of carbonyl (C=O) groups is 1. The lowest BCUT2D eigenvalue weighted by Crippen LogP contribution is -2.45. The van der Waals surface area contributed by atoms with Crippen LogP contribution < -0.4 is 15.1 Å². The highest BCUT2D eigenvalue weighted by Crippen LogP contribution is 2.36. The molecule has 0 saturated carbocycles. The molecular weight excluding hydrogens is 436 g/mol. The molecule has 180 valence electrons. The first-order valence-corrected chi connectivity index (χ1v) is 12.3. The maximum Gasteiger partial charge on any atom is 0.233 e. The van der Waals surface area contributed by atoms with Crippen LogP contribution in [0.25, 0.3) is 0 Å². The highest BCUT2D eigenvalue weighted by molar-refractivity contribution is 6.01. The second kappa shape index (κ2) is 9.78. The third-order valence-corrected chi connectivity index (χ3v) is 6.87. The molecule has 2 aliphatic rings. The summed E-state index contributed by atoms with van der Waals surface area (Å²) in [7, 11) is 0. The molecule has 1 amide bonds. The zero-order valence-corrected chi connectivity index (χ0v) is 20.4. The molecule has 7 heteroatoms. The van der Waals surface area contributed by atoms with Crippen molar-refractivity contribution in [2.24, 2.45) is 0 Å². The van der Waals surface area contributed by atoms with Crippen LogP contribution in [0.15, 0.2) is 73.1 Å². The Balaban J connectivity index is 1.31. The van der Waals surface area contributed by atoms with Gasteiger partial charge in [-0.15, -0.1) is 0 Å².